The molecule has 4 heteroatoms. The molecule has 0 aliphatic heterocycles. The van der Waals surface area contributed by atoms with Gasteiger partial charge in [0, 0.05) is 32.2 Å². The van der Waals surface area contributed by atoms with Crippen LogP contribution in [0.25, 0.3) is 0 Å². The van der Waals surface area contributed by atoms with Crippen molar-refractivity contribution < 1.29 is 14.6 Å². The lowest BCUT2D eigenvalue weighted by Crippen LogP contribution is -2.38. The molecule has 0 unspecified atom stereocenters. The molecule has 0 heterocycles. The minimum atomic E-state index is 0.0232. The summed E-state index contributed by atoms with van der Waals surface area (Å²) in [6.45, 7) is 7.62. The summed E-state index contributed by atoms with van der Waals surface area (Å²) in [6, 6.07) is 0.150. The summed E-state index contributed by atoms with van der Waals surface area (Å²) < 4.78 is 5.16. The Morgan fingerprint density at radius 1 is 1.47 bits per heavy atom. The maximum absolute atomic E-state index is 11.7. The fourth-order valence-corrected chi connectivity index (χ4v) is 1.39. The molecular weight excluding hydrogens is 194 g/mol. The maximum Gasteiger partial charge on any atom is 0.222 e. The second-order valence-corrected chi connectivity index (χ2v) is 3.70. The van der Waals surface area contributed by atoms with Crippen LogP contribution in [-0.2, 0) is 9.53 Å². The quantitative estimate of drug-likeness (QED) is 0.618. The lowest BCUT2D eigenvalue weighted by atomic mass is 10.2. The zero-order chi connectivity index (χ0) is 11.7. The number of amides is 1. The Balaban J connectivity index is 3.82. The van der Waals surface area contributed by atoms with Crippen molar-refractivity contribution in [2.45, 2.75) is 39.7 Å². The predicted molar refractivity (Wildman–Crippen MR) is 59.7 cm³/mol. The van der Waals surface area contributed by atoms with Crippen LogP contribution in [0.15, 0.2) is 0 Å². The van der Waals surface area contributed by atoms with Crippen molar-refractivity contribution >= 4 is 5.91 Å². The van der Waals surface area contributed by atoms with Gasteiger partial charge in [0.2, 0.25) is 5.91 Å². The molecular formula is C11H23NO3. The van der Waals surface area contributed by atoms with E-state index in [-0.39, 0.29) is 18.6 Å². The summed E-state index contributed by atoms with van der Waals surface area (Å²) in [5.74, 6) is 0.0961. The average Bonchev–Trinajstić information content (AvgIpc) is 2.20. The normalized spacial score (nSPS) is 10.7. The van der Waals surface area contributed by atoms with Crippen LogP contribution < -0.4 is 0 Å². The molecule has 0 radical (unpaired) electrons. The molecule has 0 aliphatic rings. The first-order chi connectivity index (χ1) is 7.13. The van der Waals surface area contributed by atoms with Crippen LogP contribution in [0.2, 0.25) is 0 Å². The standard InChI is InChI=1S/C11H23NO3/c1-4-15-9-5-6-11(14)12(7-8-13)10(2)3/h10,13H,4-9H2,1-3H3. The highest BCUT2D eigenvalue weighted by atomic mass is 16.5. The summed E-state index contributed by atoms with van der Waals surface area (Å²) in [7, 11) is 0. The summed E-state index contributed by atoms with van der Waals surface area (Å²) in [5, 5.41) is 8.83. The monoisotopic (exact) mass is 217 g/mol. The van der Waals surface area contributed by atoms with E-state index in [1.54, 1.807) is 4.90 Å². The third-order valence-corrected chi connectivity index (χ3v) is 2.17. The highest BCUT2D eigenvalue weighted by Crippen LogP contribution is 2.03. The molecule has 0 spiro atoms. The Kier molecular flexibility index (Phi) is 8.33. The van der Waals surface area contributed by atoms with Gasteiger partial charge in [-0.25, -0.2) is 0 Å². The van der Waals surface area contributed by atoms with Crippen molar-refractivity contribution in [1.82, 2.24) is 4.90 Å². The van der Waals surface area contributed by atoms with Crippen molar-refractivity contribution in [3.05, 3.63) is 0 Å². The van der Waals surface area contributed by atoms with Crippen molar-refractivity contribution in [1.29, 1.82) is 0 Å². The molecule has 0 saturated heterocycles. The highest BCUT2D eigenvalue weighted by molar-refractivity contribution is 5.76. The average molecular weight is 217 g/mol. The van der Waals surface area contributed by atoms with Gasteiger partial charge in [-0.3, -0.25) is 4.79 Å². The number of rotatable bonds is 8. The Morgan fingerprint density at radius 3 is 2.60 bits per heavy atom. The zero-order valence-corrected chi connectivity index (χ0v) is 10.0. The van der Waals surface area contributed by atoms with Crippen LogP contribution in [0.3, 0.4) is 0 Å². The third kappa shape index (κ3) is 6.47. The van der Waals surface area contributed by atoms with E-state index in [0.29, 0.717) is 26.2 Å². The first kappa shape index (κ1) is 14.4. The second-order valence-electron chi connectivity index (χ2n) is 3.70. The van der Waals surface area contributed by atoms with Gasteiger partial charge in [-0.2, -0.15) is 0 Å². The Morgan fingerprint density at radius 2 is 2.13 bits per heavy atom. The minimum Gasteiger partial charge on any atom is -0.395 e. The highest BCUT2D eigenvalue weighted by Gasteiger charge is 2.15. The number of ether oxygens (including phenoxy) is 1. The van der Waals surface area contributed by atoms with Crippen molar-refractivity contribution in [3.8, 4) is 0 Å². The van der Waals surface area contributed by atoms with Gasteiger partial charge in [0.25, 0.3) is 0 Å². The summed E-state index contributed by atoms with van der Waals surface area (Å²) in [6.07, 6.45) is 1.25. The first-order valence-electron chi connectivity index (χ1n) is 5.61. The van der Waals surface area contributed by atoms with E-state index in [2.05, 4.69) is 0 Å². The van der Waals surface area contributed by atoms with E-state index >= 15 is 0 Å². The van der Waals surface area contributed by atoms with Gasteiger partial charge >= 0.3 is 0 Å². The molecule has 0 bridgehead atoms. The van der Waals surface area contributed by atoms with Crippen LogP contribution in [0, 0.1) is 0 Å². The number of carbonyl (C=O) groups excluding carboxylic acids is 1. The topological polar surface area (TPSA) is 49.8 Å². The molecule has 0 fully saturated rings. The number of nitrogens with zero attached hydrogens (tertiary/aromatic N) is 1. The van der Waals surface area contributed by atoms with Crippen LogP contribution in [0.4, 0.5) is 0 Å². The summed E-state index contributed by atoms with van der Waals surface area (Å²) in [4.78, 5) is 13.4. The van der Waals surface area contributed by atoms with Crippen LogP contribution >= 0.6 is 0 Å². The smallest absolute Gasteiger partial charge is 0.222 e. The van der Waals surface area contributed by atoms with Gasteiger partial charge in [0.05, 0.1) is 6.61 Å². The lowest BCUT2D eigenvalue weighted by Gasteiger charge is -2.25. The molecule has 4 nitrogen and oxygen atoms in total. The van der Waals surface area contributed by atoms with E-state index in [4.69, 9.17) is 9.84 Å². The van der Waals surface area contributed by atoms with E-state index in [9.17, 15) is 4.79 Å². The second kappa shape index (κ2) is 8.68. The number of hydrogen-bond donors (Lipinski definition) is 1. The number of carbonyl (C=O) groups is 1. The van der Waals surface area contributed by atoms with Gasteiger partial charge in [-0.15, -0.1) is 0 Å². The molecule has 0 rings (SSSR count). The van der Waals surface area contributed by atoms with E-state index in [0.717, 1.165) is 6.42 Å². The van der Waals surface area contributed by atoms with Crippen LogP contribution in [-0.4, -0.2) is 48.3 Å². The lowest BCUT2D eigenvalue weighted by molar-refractivity contribution is -0.133. The summed E-state index contributed by atoms with van der Waals surface area (Å²) in [5.41, 5.74) is 0. The third-order valence-electron chi connectivity index (χ3n) is 2.17. The SMILES string of the molecule is CCOCCCC(=O)N(CCO)C(C)C. The molecule has 0 atom stereocenters. The summed E-state index contributed by atoms with van der Waals surface area (Å²) >= 11 is 0. The molecule has 0 aromatic rings. The van der Waals surface area contributed by atoms with Crippen LogP contribution in [0.1, 0.15) is 33.6 Å². The molecule has 0 saturated carbocycles. The number of aliphatic hydroxyl groups is 1. The molecule has 0 aliphatic carbocycles. The first-order valence-corrected chi connectivity index (χ1v) is 5.61. The van der Waals surface area contributed by atoms with E-state index < -0.39 is 0 Å². The molecule has 90 valence electrons. The molecule has 0 aromatic heterocycles. The number of aliphatic hydroxyl groups excluding tert-OH is 1. The maximum atomic E-state index is 11.7. The Bertz CT molecular complexity index is 171. The fourth-order valence-electron chi connectivity index (χ4n) is 1.39. The van der Waals surface area contributed by atoms with Gasteiger partial charge < -0.3 is 14.7 Å². The molecule has 1 amide bonds. The van der Waals surface area contributed by atoms with Crippen molar-refractivity contribution in [2.24, 2.45) is 0 Å². The Hall–Kier alpha value is -0.610. The number of hydrogen-bond acceptors (Lipinski definition) is 3. The van der Waals surface area contributed by atoms with Gasteiger partial charge in [0.15, 0.2) is 0 Å². The van der Waals surface area contributed by atoms with Gasteiger partial charge in [0.1, 0.15) is 0 Å². The van der Waals surface area contributed by atoms with E-state index in [1.165, 1.54) is 0 Å². The minimum absolute atomic E-state index is 0.0232. The van der Waals surface area contributed by atoms with Gasteiger partial charge in [-0.1, -0.05) is 0 Å². The van der Waals surface area contributed by atoms with Crippen LogP contribution in [0.5, 0.6) is 0 Å². The largest absolute Gasteiger partial charge is 0.395 e. The Labute approximate surface area is 92.2 Å². The van der Waals surface area contributed by atoms with E-state index in [1.807, 2.05) is 20.8 Å². The molecule has 15 heavy (non-hydrogen) atoms. The fraction of sp³-hybridized carbons (Fsp3) is 0.909. The molecule has 0 aromatic carbocycles. The predicted octanol–water partition coefficient (Wildman–Crippen LogP) is 1.03. The van der Waals surface area contributed by atoms with Crippen molar-refractivity contribution in [2.75, 3.05) is 26.4 Å². The molecule has 1 N–H and O–H groups in total. The van der Waals surface area contributed by atoms with Crippen molar-refractivity contribution in [3.63, 3.8) is 0 Å². The zero-order valence-electron chi connectivity index (χ0n) is 10.0. The van der Waals surface area contributed by atoms with Gasteiger partial charge in [-0.05, 0) is 27.2 Å².